The lowest BCUT2D eigenvalue weighted by atomic mass is 10.1. The van der Waals surface area contributed by atoms with Crippen molar-refractivity contribution in [2.45, 2.75) is 6.61 Å². The summed E-state index contributed by atoms with van der Waals surface area (Å²) < 4.78 is 13.3. The fraction of sp³-hybridized carbons (Fsp3) is 0.0588. The summed E-state index contributed by atoms with van der Waals surface area (Å²) in [6, 6.07) is 27.8. The molecule has 3 heterocycles. The van der Waals surface area contributed by atoms with Gasteiger partial charge in [0, 0.05) is 41.7 Å². The monoisotopic (exact) mass is 569 g/mol. The topological polar surface area (TPSA) is 108 Å². The summed E-state index contributed by atoms with van der Waals surface area (Å²) in [7, 11) is 1.61. The lowest BCUT2D eigenvalue weighted by molar-refractivity contribution is -0.384. The first-order valence-electron chi connectivity index (χ1n) is 13.5. The molecule has 6 rings (SSSR count). The van der Waals surface area contributed by atoms with E-state index in [1.807, 2.05) is 79.0 Å². The SMILES string of the molecule is COc1cc(OCc2ccccn2)ccc1/C=C/c1cc(/C=C/c2ccc3cc[nH]c3c2)nn1-c1ccc([N+](=O)[O-])cc1. The first kappa shape index (κ1) is 27.2. The van der Waals surface area contributed by atoms with Gasteiger partial charge < -0.3 is 14.5 Å². The summed E-state index contributed by atoms with van der Waals surface area (Å²) in [5.41, 5.74) is 6.00. The van der Waals surface area contributed by atoms with Crippen molar-refractivity contribution in [3.05, 3.63) is 142 Å². The van der Waals surface area contributed by atoms with Crippen LogP contribution in [-0.2, 0) is 6.61 Å². The van der Waals surface area contributed by atoms with Crippen molar-refractivity contribution in [1.82, 2.24) is 19.7 Å². The van der Waals surface area contributed by atoms with Gasteiger partial charge in [-0.05, 0) is 83.8 Å². The molecule has 0 atom stereocenters. The Morgan fingerprint density at radius 3 is 2.60 bits per heavy atom. The molecular weight excluding hydrogens is 542 g/mol. The standard InChI is InChI=1S/C34H27N5O4/c1-42-34-22-32(43-23-28-4-2-3-18-35-28)16-9-26(34)8-11-31-21-27(10-6-24-5-7-25-17-19-36-33(25)20-24)37-38(31)29-12-14-30(15-13-29)39(40)41/h2-22,36H,23H2,1H3/b10-6+,11-8+. The van der Waals surface area contributed by atoms with Crippen LogP contribution in [0.4, 0.5) is 5.69 Å². The van der Waals surface area contributed by atoms with Crippen molar-refractivity contribution in [2.24, 2.45) is 0 Å². The third-order valence-corrected chi connectivity index (χ3v) is 6.84. The fourth-order valence-corrected chi connectivity index (χ4v) is 4.62. The number of nitrogens with one attached hydrogen (secondary N) is 1. The molecule has 43 heavy (non-hydrogen) atoms. The molecule has 1 N–H and O–H groups in total. The second-order valence-corrected chi connectivity index (χ2v) is 9.68. The average molecular weight is 570 g/mol. The average Bonchev–Trinajstić information content (AvgIpc) is 3.69. The molecule has 212 valence electrons. The molecule has 0 saturated carbocycles. The zero-order valence-electron chi connectivity index (χ0n) is 23.3. The number of benzene rings is 3. The van der Waals surface area contributed by atoms with E-state index in [4.69, 9.17) is 14.6 Å². The van der Waals surface area contributed by atoms with Crippen molar-refractivity contribution < 1.29 is 14.4 Å². The highest BCUT2D eigenvalue weighted by Crippen LogP contribution is 2.28. The number of methoxy groups -OCH3 is 1. The van der Waals surface area contributed by atoms with Gasteiger partial charge in [0.1, 0.15) is 18.1 Å². The van der Waals surface area contributed by atoms with Crippen LogP contribution < -0.4 is 9.47 Å². The van der Waals surface area contributed by atoms with E-state index in [2.05, 4.69) is 28.2 Å². The van der Waals surface area contributed by atoms with Gasteiger partial charge in [-0.15, -0.1) is 0 Å². The van der Waals surface area contributed by atoms with E-state index in [1.165, 1.54) is 12.1 Å². The van der Waals surface area contributed by atoms with E-state index in [1.54, 1.807) is 30.1 Å². The van der Waals surface area contributed by atoms with Gasteiger partial charge in [-0.3, -0.25) is 15.1 Å². The number of nitrogens with zero attached hydrogens (tertiary/aromatic N) is 4. The number of H-pyrrole nitrogens is 1. The molecule has 0 aliphatic heterocycles. The number of ether oxygens (including phenoxy) is 2. The van der Waals surface area contributed by atoms with Crippen molar-refractivity contribution in [2.75, 3.05) is 7.11 Å². The van der Waals surface area contributed by atoms with Crippen LogP contribution in [0, 0.1) is 10.1 Å². The summed E-state index contributed by atoms with van der Waals surface area (Å²) in [6.45, 7) is 0.350. The highest BCUT2D eigenvalue weighted by Gasteiger charge is 2.11. The van der Waals surface area contributed by atoms with E-state index in [0.29, 0.717) is 23.8 Å². The molecule has 6 aromatic rings. The predicted molar refractivity (Wildman–Crippen MR) is 168 cm³/mol. The van der Waals surface area contributed by atoms with Crippen LogP contribution in [0.15, 0.2) is 103 Å². The van der Waals surface area contributed by atoms with Gasteiger partial charge in [0.05, 0.1) is 34.8 Å². The summed E-state index contributed by atoms with van der Waals surface area (Å²) in [5, 5.41) is 17.1. The van der Waals surface area contributed by atoms with Crippen LogP contribution in [0.3, 0.4) is 0 Å². The number of non-ortho nitro benzene ring substituents is 1. The van der Waals surface area contributed by atoms with E-state index in [0.717, 1.165) is 39.1 Å². The molecule has 0 spiro atoms. The molecule has 9 heteroatoms. The number of aromatic nitrogens is 4. The first-order valence-corrected chi connectivity index (χ1v) is 13.5. The van der Waals surface area contributed by atoms with Crippen LogP contribution in [-0.4, -0.2) is 31.8 Å². The number of aromatic amines is 1. The largest absolute Gasteiger partial charge is 0.496 e. The molecule has 0 saturated heterocycles. The summed E-state index contributed by atoms with van der Waals surface area (Å²) in [5.74, 6) is 1.32. The van der Waals surface area contributed by atoms with Crippen molar-refractivity contribution in [3.8, 4) is 17.2 Å². The zero-order valence-corrected chi connectivity index (χ0v) is 23.3. The number of hydrogen-bond acceptors (Lipinski definition) is 6. The Labute approximate surface area is 247 Å². The zero-order chi connectivity index (χ0) is 29.6. The van der Waals surface area contributed by atoms with Gasteiger partial charge in [0.2, 0.25) is 0 Å². The van der Waals surface area contributed by atoms with Crippen LogP contribution in [0.5, 0.6) is 11.5 Å². The number of hydrogen-bond donors (Lipinski definition) is 1. The number of nitro groups is 1. The minimum Gasteiger partial charge on any atom is -0.496 e. The molecule has 3 aromatic heterocycles. The Morgan fingerprint density at radius 2 is 1.81 bits per heavy atom. The highest BCUT2D eigenvalue weighted by atomic mass is 16.6. The lowest BCUT2D eigenvalue weighted by Gasteiger charge is -2.10. The summed E-state index contributed by atoms with van der Waals surface area (Å²) in [4.78, 5) is 18.3. The number of nitro benzene ring substituents is 1. The van der Waals surface area contributed by atoms with Gasteiger partial charge >= 0.3 is 0 Å². The Kier molecular flexibility index (Phi) is 7.77. The fourth-order valence-electron chi connectivity index (χ4n) is 4.62. The maximum atomic E-state index is 11.2. The van der Waals surface area contributed by atoms with Crippen molar-refractivity contribution in [3.63, 3.8) is 0 Å². The molecule has 0 radical (unpaired) electrons. The van der Waals surface area contributed by atoms with Gasteiger partial charge in [0.15, 0.2) is 0 Å². The second-order valence-electron chi connectivity index (χ2n) is 9.68. The van der Waals surface area contributed by atoms with Gasteiger partial charge in [-0.2, -0.15) is 5.10 Å². The summed E-state index contributed by atoms with van der Waals surface area (Å²) in [6.07, 6.45) is 11.5. The third-order valence-electron chi connectivity index (χ3n) is 6.84. The molecule has 0 bridgehead atoms. The Morgan fingerprint density at radius 1 is 0.930 bits per heavy atom. The lowest BCUT2D eigenvalue weighted by Crippen LogP contribution is -1.99. The minimum atomic E-state index is -0.418. The molecule has 0 aliphatic rings. The maximum absolute atomic E-state index is 11.2. The minimum absolute atomic E-state index is 0.0166. The molecule has 0 amide bonds. The van der Waals surface area contributed by atoms with Gasteiger partial charge in [-0.25, -0.2) is 4.68 Å². The molecule has 0 fully saturated rings. The van der Waals surface area contributed by atoms with Crippen molar-refractivity contribution in [1.29, 1.82) is 0 Å². The first-order chi connectivity index (χ1) is 21.1. The predicted octanol–water partition coefficient (Wildman–Crippen LogP) is 7.59. The van der Waals surface area contributed by atoms with Crippen LogP contribution in [0.1, 0.15) is 28.2 Å². The Hall–Kier alpha value is -5.96. The van der Waals surface area contributed by atoms with E-state index in [-0.39, 0.29) is 5.69 Å². The van der Waals surface area contributed by atoms with Crippen LogP contribution >= 0.6 is 0 Å². The van der Waals surface area contributed by atoms with Gasteiger partial charge in [0.25, 0.3) is 5.69 Å². The smallest absolute Gasteiger partial charge is 0.269 e. The van der Waals surface area contributed by atoms with Crippen molar-refractivity contribution >= 4 is 40.9 Å². The van der Waals surface area contributed by atoms with Crippen LogP contribution in [0.2, 0.25) is 0 Å². The number of fused-ring (bicyclic) bond motifs is 1. The van der Waals surface area contributed by atoms with Crippen LogP contribution in [0.25, 0.3) is 40.9 Å². The third kappa shape index (κ3) is 6.36. The molecule has 0 aliphatic carbocycles. The maximum Gasteiger partial charge on any atom is 0.269 e. The second kappa shape index (κ2) is 12.3. The van der Waals surface area contributed by atoms with Gasteiger partial charge in [-0.1, -0.05) is 24.3 Å². The number of rotatable bonds is 10. The molecule has 0 unspecified atom stereocenters. The Balaban J connectivity index is 1.29. The summed E-state index contributed by atoms with van der Waals surface area (Å²) >= 11 is 0. The quantitative estimate of drug-likeness (QED) is 0.135. The normalized spacial score (nSPS) is 11.5. The Bertz CT molecular complexity index is 1940. The number of pyridine rings is 1. The molecule has 3 aromatic carbocycles. The van der Waals surface area contributed by atoms with E-state index >= 15 is 0 Å². The van der Waals surface area contributed by atoms with E-state index < -0.39 is 4.92 Å². The highest BCUT2D eigenvalue weighted by molar-refractivity contribution is 5.83. The van der Waals surface area contributed by atoms with E-state index in [9.17, 15) is 10.1 Å². The molecular formula is C34H27N5O4. The molecule has 9 nitrogen and oxygen atoms in total.